The van der Waals surface area contributed by atoms with E-state index in [1.165, 1.54) is 12.1 Å². The van der Waals surface area contributed by atoms with E-state index < -0.39 is 15.8 Å². The van der Waals surface area contributed by atoms with E-state index in [2.05, 4.69) is 6.58 Å². The Balaban J connectivity index is 2.14. The third-order valence-electron chi connectivity index (χ3n) is 2.57. The minimum Gasteiger partial charge on any atom is -0.494 e. The van der Waals surface area contributed by atoms with Crippen LogP contribution in [-0.4, -0.2) is 45.1 Å². The van der Waals surface area contributed by atoms with Gasteiger partial charge in [-0.15, -0.1) is 0 Å². The van der Waals surface area contributed by atoms with E-state index >= 15 is 0 Å². The number of sulfone groups is 1. The molecule has 0 radical (unpaired) electrons. The molecule has 0 fully saturated rings. The first-order valence-electron chi connectivity index (χ1n) is 6.34. The van der Waals surface area contributed by atoms with E-state index in [4.69, 9.17) is 14.6 Å². The van der Waals surface area contributed by atoms with Gasteiger partial charge >= 0.3 is 5.97 Å². The Morgan fingerprint density at radius 1 is 1.19 bits per heavy atom. The maximum atomic E-state index is 11.1. The molecule has 0 atom stereocenters. The lowest BCUT2D eigenvalue weighted by molar-refractivity contribution is 0.0697. The second-order valence-corrected chi connectivity index (χ2v) is 6.24. The van der Waals surface area contributed by atoms with Gasteiger partial charge in [0.25, 0.3) is 0 Å². The highest BCUT2D eigenvalue weighted by Gasteiger charge is 2.04. The highest BCUT2D eigenvalue weighted by atomic mass is 32.2. The lowest BCUT2D eigenvalue weighted by atomic mass is 10.2. The minimum absolute atomic E-state index is 0.0754. The fourth-order valence-corrected chi connectivity index (χ4v) is 1.92. The number of hydrogen-bond acceptors (Lipinski definition) is 5. The third-order valence-corrected chi connectivity index (χ3v) is 3.81. The summed E-state index contributed by atoms with van der Waals surface area (Å²) in [7, 11) is -3.21. The first kappa shape index (κ1) is 17.2. The van der Waals surface area contributed by atoms with Crippen molar-refractivity contribution < 1.29 is 27.8 Å². The lowest BCUT2D eigenvalue weighted by Crippen LogP contribution is -2.11. The first-order valence-corrected chi connectivity index (χ1v) is 8.05. The quantitative estimate of drug-likeness (QED) is 0.661. The van der Waals surface area contributed by atoms with Gasteiger partial charge in [0, 0.05) is 18.4 Å². The van der Waals surface area contributed by atoms with Crippen LogP contribution in [-0.2, 0) is 14.6 Å². The van der Waals surface area contributed by atoms with E-state index in [1.54, 1.807) is 12.1 Å². The highest BCUT2D eigenvalue weighted by Crippen LogP contribution is 2.12. The molecular weight excluding hydrogens is 296 g/mol. The molecule has 116 valence electrons. The predicted molar refractivity (Wildman–Crippen MR) is 78.3 cm³/mol. The number of ether oxygens (including phenoxy) is 2. The molecule has 1 aromatic rings. The lowest BCUT2D eigenvalue weighted by Gasteiger charge is -2.07. The minimum atomic E-state index is -3.21. The van der Waals surface area contributed by atoms with E-state index in [1.807, 2.05) is 0 Å². The summed E-state index contributed by atoms with van der Waals surface area (Å²) < 4.78 is 32.7. The van der Waals surface area contributed by atoms with Crippen LogP contribution in [0.15, 0.2) is 36.3 Å². The number of hydrogen-bond donors (Lipinski definition) is 1. The smallest absolute Gasteiger partial charge is 0.335 e. The Bertz CT molecular complexity index is 562. The zero-order valence-corrected chi connectivity index (χ0v) is 12.3. The van der Waals surface area contributed by atoms with Crippen molar-refractivity contribution in [1.82, 2.24) is 0 Å². The molecule has 21 heavy (non-hydrogen) atoms. The van der Waals surface area contributed by atoms with Crippen LogP contribution in [0.5, 0.6) is 5.75 Å². The van der Waals surface area contributed by atoms with E-state index in [0.717, 1.165) is 5.41 Å². The average Bonchev–Trinajstić information content (AvgIpc) is 2.46. The summed E-state index contributed by atoms with van der Waals surface area (Å²) in [5, 5.41) is 9.66. The van der Waals surface area contributed by atoms with Crippen LogP contribution in [0.2, 0.25) is 0 Å². The molecule has 0 heterocycles. The molecule has 0 amide bonds. The zero-order valence-electron chi connectivity index (χ0n) is 11.5. The number of carboxylic acids is 1. The number of carboxylic acid groups (broad SMARTS) is 1. The standard InChI is InChI=1S/C14H18O6S/c1-2-21(17,18)11-10-19-8-3-9-20-13-6-4-12(5-7-13)14(15)16/h2,4-7H,1,3,8-11H2,(H,15,16). The average molecular weight is 314 g/mol. The predicted octanol–water partition coefficient (Wildman–Crippen LogP) is 1.73. The summed E-state index contributed by atoms with van der Waals surface area (Å²) in [6, 6.07) is 6.10. The summed E-state index contributed by atoms with van der Waals surface area (Å²) in [6.45, 7) is 4.13. The molecule has 6 nitrogen and oxygen atoms in total. The molecule has 0 bridgehead atoms. The fraction of sp³-hybridized carbons (Fsp3) is 0.357. The van der Waals surface area contributed by atoms with Crippen molar-refractivity contribution >= 4 is 15.8 Å². The zero-order chi connectivity index (χ0) is 15.7. The monoisotopic (exact) mass is 314 g/mol. The van der Waals surface area contributed by atoms with E-state index in [0.29, 0.717) is 25.4 Å². The van der Waals surface area contributed by atoms with Crippen LogP contribution in [0.25, 0.3) is 0 Å². The van der Waals surface area contributed by atoms with Gasteiger partial charge in [-0.25, -0.2) is 13.2 Å². The van der Waals surface area contributed by atoms with Crippen LogP contribution in [0.3, 0.4) is 0 Å². The van der Waals surface area contributed by atoms with E-state index in [9.17, 15) is 13.2 Å². The normalized spacial score (nSPS) is 11.0. The van der Waals surface area contributed by atoms with Crippen LogP contribution in [0.1, 0.15) is 16.8 Å². The second-order valence-electron chi connectivity index (χ2n) is 4.18. The third kappa shape index (κ3) is 6.92. The van der Waals surface area contributed by atoms with Crippen LogP contribution in [0, 0.1) is 0 Å². The molecule has 1 N–H and O–H groups in total. The number of carbonyl (C=O) groups is 1. The Labute approximate surface area is 123 Å². The molecule has 0 unspecified atom stereocenters. The first-order chi connectivity index (χ1) is 9.94. The molecule has 0 aliphatic rings. The molecular formula is C14H18O6S. The maximum absolute atomic E-state index is 11.1. The molecule has 0 aliphatic carbocycles. The van der Waals surface area contributed by atoms with Crippen molar-refractivity contribution in [2.45, 2.75) is 6.42 Å². The SMILES string of the molecule is C=CS(=O)(=O)CCOCCCOc1ccc(C(=O)O)cc1. The van der Waals surface area contributed by atoms with Gasteiger partial charge in [0.15, 0.2) is 9.84 Å². The summed E-state index contributed by atoms with van der Waals surface area (Å²) in [5.74, 6) is -0.479. The van der Waals surface area contributed by atoms with Gasteiger partial charge in [-0.05, 0) is 24.3 Å². The molecule has 0 aliphatic heterocycles. The number of rotatable bonds is 10. The van der Waals surface area contributed by atoms with Crippen LogP contribution >= 0.6 is 0 Å². The Morgan fingerprint density at radius 2 is 1.86 bits per heavy atom. The molecule has 0 spiro atoms. The number of benzene rings is 1. The largest absolute Gasteiger partial charge is 0.494 e. The van der Waals surface area contributed by atoms with Crippen molar-refractivity contribution in [3.8, 4) is 5.75 Å². The fourth-order valence-electron chi connectivity index (χ4n) is 1.41. The van der Waals surface area contributed by atoms with Crippen molar-refractivity contribution in [1.29, 1.82) is 0 Å². The van der Waals surface area contributed by atoms with Gasteiger partial charge in [-0.2, -0.15) is 0 Å². The summed E-state index contributed by atoms with van der Waals surface area (Å²) in [5.41, 5.74) is 0.203. The van der Waals surface area contributed by atoms with Crippen LogP contribution in [0.4, 0.5) is 0 Å². The Kier molecular flexibility index (Phi) is 6.90. The summed E-state index contributed by atoms with van der Waals surface area (Å²) >= 11 is 0. The second kappa shape index (κ2) is 8.43. The Morgan fingerprint density at radius 3 is 2.43 bits per heavy atom. The Hall–Kier alpha value is -1.86. The van der Waals surface area contributed by atoms with Gasteiger partial charge in [-0.3, -0.25) is 0 Å². The van der Waals surface area contributed by atoms with Gasteiger partial charge in [0.2, 0.25) is 0 Å². The summed E-state index contributed by atoms with van der Waals surface area (Å²) in [4.78, 5) is 10.7. The van der Waals surface area contributed by atoms with Crippen LogP contribution < -0.4 is 4.74 Å². The topological polar surface area (TPSA) is 89.9 Å². The van der Waals surface area contributed by atoms with Crippen molar-refractivity contribution in [3.63, 3.8) is 0 Å². The molecule has 1 rings (SSSR count). The summed E-state index contributed by atoms with van der Waals surface area (Å²) in [6.07, 6.45) is 0.606. The molecule has 7 heteroatoms. The molecule has 0 saturated carbocycles. The van der Waals surface area contributed by atoms with Gasteiger partial charge < -0.3 is 14.6 Å². The van der Waals surface area contributed by atoms with Gasteiger partial charge in [-0.1, -0.05) is 6.58 Å². The van der Waals surface area contributed by atoms with Gasteiger partial charge in [0.05, 0.1) is 24.5 Å². The highest BCUT2D eigenvalue weighted by molar-refractivity contribution is 7.94. The molecule has 0 saturated heterocycles. The van der Waals surface area contributed by atoms with Gasteiger partial charge in [0.1, 0.15) is 5.75 Å². The van der Waals surface area contributed by atoms with E-state index in [-0.39, 0.29) is 17.9 Å². The molecule has 0 aromatic heterocycles. The van der Waals surface area contributed by atoms with Crippen molar-refractivity contribution in [3.05, 3.63) is 41.8 Å². The van der Waals surface area contributed by atoms with Crippen molar-refractivity contribution in [2.75, 3.05) is 25.6 Å². The van der Waals surface area contributed by atoms with Crippen molar-refractivity contribution in [2.24, 2.45) is 0 Å². The maximum Gasteiger partial charge on any atom is 0.335 e. The molecule has 1 aromatic carbocycles. The number of aromatic carboxylic acids is 1.